The fourth-order valence-electron chi connectivity index (χ4n) is 1.27. The van der Waals surface area contributed by atoms with Crippen molar-refractivity contribution in [2.45, 2.75) is 6.42 Å². The van der Waals surface area contributed by atoms with Crippen molar-refractivity contribution in [2.24, 2.45) is 5.73 Å². The van der Waals surface area contributed by atoms with Gasteiger partial charge in [-0.3, -0.25) is 9.59 Å². The maximum Gasteiger partial charge on any atom is 0.238 e. The predicted octanol–water partition coefficient (Wildman–Crippen LogP) is 0.520. The molecule has 0 atom stereocenters. The smallest absolute Gasteiger partial charge is 0.238 e. The highest BCUT2D eigenvalue weighted by atomic mass is 35.5. The molecule has 0 radical (unpaired) electrons. The lowest BCUT2D eigenvalue weighted by Crippen LogP contribution is -2.24. The Bertz CT molecular complexity index is 409. The number of primary amides is 1. The number of anilines is 1. The zero-order valence-electron chi connectivity index (χ0n) is 10.6. The molecule has 0 aliphatic heterocycles. The quantitative estimate of drug-likeness (QED) is 0.681. The molecule has 0 aromatic heterocycles. The fraction of sp³-hybridized carbons (Fsp3) is 0.333. The van der Waals surface area contributed by atoms with Crippen molar-refractivity contribution < 1.29 is 14.3 Å². The number of rotatable bonds is 7. The van der Waals surface area contributed by atoms with Gasteiger partial charge >= 0.3 is 0 Å². The van der Waals surface area contributed by atoms with Gasteiger partial charge in [0, 0.05) is 5.69 Å². The largest absolute Gasteiger partial charge is 0.493 e. The Kier molecular flexibility index (Phi) is 8.32. The van der Waals surface area contributed by atoms with E-state index in [1.54, 1.807) is 31.3 Å². The van der Waals surface area contributed by atoms with Crippen molar-refractivity contribution in [1.29, 1.82) is 0 Å². The lowest BCUT2D eigenvalue weighted by Gasteiger charge is -2.07. The van der Waals surface area contributed by atoms with Gasteiger partial charge in [0.05, 0.1) is 19.6 Å². The van der Waals surface area contributed by atoms with Gasteiger partial charge < -0.3 is 21.1 Å². The van der Waals surface area contributed by atoms with E-state index in [2.05, 4.69) is 10.6 Å². The van der Waals surface area contributed by atoms with Crippen molar-refractivity contribution in [3.8, 4) is 5.75 Å². The van der Waals surface area contributed by atoms with Crippen LogP contribution in [0.15, 0.2) is 24.3 Å². The molecule has 1 aromatic carbocycles. The van der Waals surface area contributed by atoms with E-state index in [0.29, 0.717) is 11.4 Å². The van der Waals surface area contributed by atoms with Gasteiger partial charge in [0.1, 0.15) is 5.75 Å². The van der Waals surface area contributed by atoms with Crippen molar-refractivity contribution in [2.75, 3.05) is 25.5 Å². The minimum absolute atomic E-state index is 0. The molecular weight excluding hydrogens is 270 g/mol. The third-order valence-electron chi connectivity index (χ3n) is 2.09. The zero-order valence-corrected chi connectivity index (χ0v) is 11.5. The highest BCUT2D eigenvalue weighted by Crippen LogP contribution is 2.15. The second kappa shape index (κ2) is 9.18. The molecule has 0 heterocycles. The molecule has 0 aliphatic carbocycles. The van der Waals surface area contributed by atoms with E-state index in [-0.39, 0.29) is 37.9 Å². The van der Waals surface area contributed by atoms with E-state index in [9.17, 15) is 9.59 Å². The summed E-state index contributed by atoms with van der Waals surface area (Å²) in [4.78, 5) is 21.8. The molecule has 106 valence electrons. The molecule has 7 heteroatoms. The Morgan fingerprint density at radius 2 is 1.89 bits per heavy atom. The molecule has 0 unspecified atom stereocenters. The lowest BCUT2D eigenvalue weighted by atomic mass is 10.3. The molecule has 6 nitrogen and oxygen atoms in total. The second-order valence-corrected chi connectivity index (χ2v) is 3.67. The van der Waals surface area contributed by atoms with Crippen LogP contribution in [0.4, 0.5) is 5.69 Å². The van der Waals surface area contributed by atoms with E-state index < -0.39 is 5.91 Å². The van der Waals surface area contributed by atoms with E-state index in [1.807, 2.05) is 0 Å². The van der Waals surface area contributed by atoms with Crippen molar-refractivity contribution in [3.05, 3.63) is 24.3 Å². The molecule has 0 bridgehead atoms. The third-order valence-corrected chi connectivity index (χ3v) is 2.09. The minimum Gasteiger partial charge on any atom is -0.493 e. The van der Waals surface area contributed by atoms with Gasteiger partial charge in [-0.2, -0.15) is 0 Å². The standard InChI is InChI=1S/C12H17N3O3.ClH/c1-14-8-12(17)15-9-2-4-10(5-3-9)18-7-6-11(13)16;/h2-5,14H,6-8H2,1H3,(H2,13,16)(H,15,17);1H. The van der Waals surface area contributed by atoms with Gasteiger partial charge in [-0.25, -0.2) is 0 Å². The Labute approximate surface area is 118 Å². The van der Waals surface area contributed by atoms with Gasteiger partial charge in [-0.05, 0) is 31.3 Å². The summed E-state index contributed by atoms with van der Waals surface area (Å²) >= 11 is 0. The van der Waals surface area contributed by atoms with E-state index in [1.165, 1.54) is 0 Å². The number of nitrogens with two attached hydrogens (primary N) is 1. The summed E-state index contributed by atoms with van der Waals surface area (Å²) in [6, 6.07) is 6.90. The molecule has 0 saturated carbocycles. The van der Waals surface area contributed by atoms with Crippen LogP contribution >= 0.6 is 12.4 Å². The molecule has 4 N–H and O–H groups in total. The molecule has 1 rings (SSSR count). The Morgan fingerprint density at radius 1 is 1.26 bits per heavy atom. The number of hydrogen-bond acceptors (Lipinski definition) is 4. The Balaban J connectivity index is 0.00000324. The zero-order chi connectivity index (χ0) is 13.4. The predicted molar refractivity (Wildman–Crippen MR) is 75.6 cm³/mol. The van der Waals surface area contributed by atoms with E-state index >= 15 is 0 Å². The summed E-state index contributed by atoms with van der Waals surface area (Å²) in [5.41, 5.74) is 5.68. The van der Waals surface area contributed by atoms with Crippen LogP contribution in [-0.4, -0.2) is 32.0 Å². The van der Waals surface area contributed by atoms with Crippen molar-refractivity contribution in [3.63, 3.8) is 0 Å². The van der Waals surface area contributed by atoms with Crippen LogP contribution in [-0.2, 0) is 9.59 Å². The van der Waals surface area contributed by atoms with Crippen LogP contribution in [0.1, 0.15) is 6.42 Å². The molecule has 19 heavy (non-hydrogen) atoms. The van der Waals surface area contributed by atoms with Crippen LogP contribution in [0.5, 0.6) is 5.75 Å². The summed E-state index contributed by atoms with van der Waals surface area (Å²) < 4.78 is 5.30. The van der Waals surface area contributed by atoms with E-state index in [4.69, 9.17) is 10.5 Å². The van der Waals surface area contributed by atoms with E-state index in [0.717, 1.165) is 0 Å². The number of hydrogen-bond donors (Lipinski definition) is 3. The first-order valence-corrected chi connectivity index (χ1v) is 5.57. The third kappa shape index (κ3) is 7.28. The highest BCUT2D eigenvalue weighted by molar-refractivity contribution is 5.92. The second-order valence-electron chi connectivity index (χ2n) is 3.67. The SMILES string of the molecule is CNCC(=O)Nc1ccc(OCCC(N)=O)cc1.Cl. The van der Waals surface area contributed by atoms with Gasteiger partial charge in [-0.15, -0.1) is 12.4 Å². The molecule has 0 spiro atoms. The summed E-state index contributed by atoms with van der Waals surface area (Å²) in [5.74, 6) is 0.119. The maximum atomic E-state index is 11.3. The average molecular weight is 288 g/mol. The lowest BCUT2D eigenvalue weighted by molar-refractivity contribution is -0.118. The molecular formula is C12H18ClN3O3. The first-order chi connectivity index (χ1) is 8.61. The number of carbonyl (C=O) groups excluding carboxylic acids is 2. The van der Waals surface area contributed by atoms with Crippen molar-refractivity contribution >= 4 is 29.9 Å². The molecule has 0 saturated heterocycles. The van der Waals surface area contributed by atoms with Crippen LogP contribution in [0.2, 0.25) is 0 Å². The van der Waals surface area contributed by atoms with Gasteiger partial charge in [0.2, 0.25) is 11.8 Å². The monoisotopic (exact) mass is 287 g/mol. The maximum absolute atomic E-state index is 11.3. The Morgan fingerprint density at radius 3 is 2.42 bits per heavy atom. The molecule has 1 aromatic rings. The van der Waals surface area contributed by atoms with Crippen molar-refractivity contribution in [1.82, 2.24) is 5.32 Å². The molecule has 0 fully saturated rings. The van der Waals surface area contributed by atoms with Crippen LogP contribution in [0.25, 0.3) is 0 Å². The summed E-state index contributed by atoms with van der Waals surface area (Å²) in [6.45, 7) is 0.512. The number of nitrogens with one attached hydrogen (secondary N) is 2. The van der Waals surface area contributed by atoms with Crippen LogP contribution < -0.4 is 21.1 Å². The van der Waals surface area contributed by atoms with Crippen LogP contribution in [0, 0.1) is 0 Å². The Hall–Kier alpha value is -1.79. The first-order valence-electron chi connectivity index (χ1n) is 5.57. The number of amides is 2. The summed E-state index contributed by atoms with van der Waals surface area (Å²) in [6.07, 6.45) is 0.181. The topological polar surface area (TPSA) is 93.4 Å². The minimum atomic E-state index is -0.397. The molecule has 0 aliphatic rings. The average Bonchev–Trinajstić information content (AvgIpc) is 2.31. The summed E-state index contributed by atoms with van der Waals surface area (Å²) in [5, 5.41) is 5.47. The number of benzene rings is 1. The highest BCUT2D eigenvalue weighted by Gasteiger charge is 2.01. The number of ether oxygens (including phenoxy) is 1. The van der Waals surface area contributed by atoms with Gasteiger partial charge in [0.15, 0.2) is 0 Å². The molecule has 2 amide bonds. The number of halogens is 1. The van der Waals surface area contributed by atoms with Crippen LogP contribution in [0.3, 0.4) is 0 Å². The normalized spacial score (nSPS) is 9.32. The number of likely N-dealkylation sites (N-methyl/N-ethyl adjacent to an activating group) is 1. The van der Waals surface area contributed by atoms with Gasteiger partial charge in [-0.1, -0.05) is 0 Å². The van der Waals surface area contributed by atoms with Gasteiger partial charge in [0.25, 0.3) is 0 Å². The number of carbonyl (C=O) groups is 2. The first kappa shape index (κ1) is 17.2. The summed E-state index contributed by atoms with van der Waals surface area (Å²) in [7, 11) is 1.70. The fourth-order valence-corrected chi connectivity index (χ4v) is 1.27.